The van der Waals surface area contributed by atoms with Crippen LogP contribution in [0.5, 0.6) is 11.5 Å². The Hall–Kier alpha value is -2.14. The van der Waals surface area contributed by atoms with E-state index in [-0.39, 0.29) is 0 Å². The number of hydrogen-bond acceptors (Lipinski definition) is 4. The van der Waals surface area contributed by atoms with Gasteiger partial charge in [-0.3, -0.25) is 0 Å². The van der Waals surface area contributed by atoms with Gasteiger partial charge in [0.15, 0.2) is 0 Å². The van der Waals surface area contributed by atoms with Crippen LogP contribution >= 0.6 is 11.8 Å². The predicted molar refractivity (Wildman–Crippen MR) is 134 cm³/mol. The predicted octanol–water partition coefficient (Wildman–Crippen LogP) is 7.36. The number of aliphatic imine (C=N–C) groups is 1. The summed E-state index contributed by atoms with van der Waals surface area (Å²) < 4.78 is 11.7. The van der Waals surface area contributed by atoms with E-state index >= 15 is 0 Å². The molecule has 0 fully saturated rings. The van der Waals surface area contributed by atoms with Crippen molar-refractivity contribution in [2.45, 2.75) is 70.6 Å². The lowest BCUT2D eigenvalue weighted by molar-refractivity contribution is 0.304. The maximum Gasteiger partial charge on any atom is 0.131 e. The molecule has 0 spiro atoms. The SMILES string of the molecule is CCCCCCOc1ccc(N=C(N)c2ccc(OCCCC)cc2)c(SCCC)c1. The van der Waals surface area contributed by atoms with Gasteiger partial charge in [0.1, 0.15) is 17.3 Å². The number of rotatable bonds is 15. The summed E-state index contributed by atoms with van der Waals surface area (Å²) in [6, 6.07) is 13.9. The number of amidine groups is 1. The fourth-order valence-corrected chi connectivity index (χ4v) is 3.86. The third kappa shape index (κ3) is 9.26. The van der Waals surface area contributed by atoms with E-state index in [1.165, 1.54) is 19.3 Å². The van der Waals surface area contributed by atoms with Crippen LogP contribution in [0, 0.1) is 0 Å². The Labute approximate surface area is 192 Å². The lowest BCUT2D eigenvalue weighted by atomic mass is 10.2. The first-order valence-electron chi connectivity index (χ1n) is 11.6. The molecule has 0 radical (unpaired) electrons. The van der Waals surface area contributed by atoms with Gasteiger partial charge in [0.2, 0.25) is 0 Å². The molecule has 31 heavy (non-hydrogen) atoms. The van der Waals surface area contributed by atoms with Crippen LogP contribution in [0.25, 0.3) is 0 Å². The summed E-state index contributed by atoms with van der Waals surface area (Å²) in [7, 11) is 0. The quantitative estimate of drug-likeness (QED) is 0.135. The van der Waals surface area contributed by atoms with Crippen LogP contribution in [-0.2, 0) is 0 Å². The van der Waals surface area contributed by atoms with Crippen molar-refractivity contribution in [2.24, 2.45) is 10.7 Å². The van der Waals surface area contributed by atoms with E-state index in [9.17, 15) is 0 Å². The van der Waals surface area contributed by atoms with Crippen molar-refractivity contribution >= 4 is 23.3 Å². The summed E-state index contributed by atoms with van der Waals surface area (Å²) in [5.74, 6) is 3.31. The Morgan fingerprint density at radius 3 is 2.19 bits per heavy atom. The maximum atomic E-state index is 6.33. The molecule has 0 aliphatic heterocycles. The van der Waals surface area contributed by atoms with Gasteiger partial charge in [0.05, 0.1) is 18.9 Å². The van der Waals surface area contributed by atoms with Gasteiger partial charge in [-0.25, -0.2) is 4.99 Å². The Balaban J connectivity index is 2.08. The van der Waals surface area contributed by atoms with Crippen molar-refractivity contribution in [2.75, 3.05) is 19.0 Å². The van der Waals surface area contributed by atoms with Gasteiger partial charge >= 0.3 is 0 Å². The standard InChI is InChI=1S/C26H38N2O2S/c1-4-7-9-10-18-30-23-15-16-24(25(20-23)31-19-6-3)28-26(27)21-11-13-22(14-12-21)29-17-8-5-2/h11-16,20H,4-10,17-19H2,1-3H3,(H2,27,28). The van der Waals surface area contributed by atoms with E-state index < -0.39 is 0 Å². The minimum Gasteiger partial charge on any atom is -0.494 e. The molecule has 0 amide bonds. The molecule has 170 valence electrons. The topological polar surface area (TPSA) is 56.8 Å². The number of hydrogen-bond donors (Lipinski definition) is 1. The second kappa shape index (κ2) is 14.8. The number of benzene rings is 2. The molecule has 2 N–H and O–H groups in total. The molecule has 5 heteroatoms. The molecule has 4 nitrogen and oxygen atoms in total. The highest BCUT2D eigenvalue weighted by Gasteiger charge is 2.08. The van der Waals surface area contributed by atoms with Crippen LogP contribution in [0.2, 0.25) is 0 Å². The van der Waals surface area contributed by atoms with Gasteiger partial charge in [0, 0.05) is 10.5 Å². The smallest absolute Gasteiger partial charge is 0.131 e. The Morgan fingerprint density at radius 2 is 1.48 bits per heavy atom. The third-order valence-corrected chi connectivity index (χ3v) is 6.07. The number of unbranched alkanes of at least 4 members (excludes halogenated alkanes) is 4. The van der Waals surface area contributed by atoms with Gasteiger partial charge in [-0.05, 0) is 67.5 Å². The molecule has 2 aromatic carbocycles. The second-order valence-electron chi connectivity index (χ2n) is 7.61. The zero-order valence-electron chi connectivity index (χ0n) is 19.4. The van der Waals surface area contributed by atoms with Crippen LogP contribution < -0.4 is 15.2 Å². The number of thioether (sulfide) groups is 1. The van der Waals surface area contributed by atoms with Crippen molar-refractivity contribution in [1.29, 1.82) is 0 Å². The zero-order chi connectivity index (χ0) is 22.3. The van der Waals surface area contributed by atoms with Crippen LogP contribution in [-0.4, -0.2) is 24.8 Å². The van der Waals surface area contributed by atoms with E-state index in [4.69, 9.17) is 20.2 Å². The minimum atomic E-state index is 0.506. The summed E-state index contributed by atoms with van der Waals surface area (Å²) in [5.41, 5.74) is 8.11. The summed E-state index contributed by atoms with van der Waals surface area (Å²) in [4.78, 5) is 5.83. The van der Waals surface area contributed by atoms with Gasteiger partial charge in [0.25, 0.3) is 0 Å². The molecule has 0 aliphatic rings. The summed E-state index contributed by atoms with van der Waals surface area (Å²) in [5, 5.41) is 0. The molecular formula is C26H38N2O2S. The molecule has 0 atom stereocenters. The normalized spacial score (nSPS) is 11.5. The molecule has 2 rings (SSSR count). The first-order chi connectivity index (χ1) is 15.2. The van der Waals surface area contributed by atoms with E-state index in [1.54, 1.807) is 11.8 Å². The number of nitrogens with zero attached hydrogens (tertiary/aromatic N) is 1. The molecule has 0 unspecified atom stereocenters. The number of ether oxygens (including phenoxy) is 2. The van der Waals surface area contributed by atoms with Gasteiger partial charge in [-0.2, -0.15) is 0 Å². The molecule has 2 aromatic rings. The lowest BCUT2D eigenvalue weighted by Gasteiger charge is -2.11. The van der Waals surface area contributed by atoms with E-state index in [1.807, 2.05) is 36.4 Å². The molecule has 0 saturated heterocycles. The summed E-state index contributed by atoms with van der Waals surface area (Å²) in [6.45, 7) is 8.06. The first kappa shape index (κ1) is 25.1. The van der Waals surface area contributed by atoms with E-state index in [0.717, 1.165) is 72.3 Å². The fourth-order valence-electron chi connectivity index (χ4n) is 2.97. The van der Waals surface area contributed by atoms with Crippen molar-refractivity contribution in [1.82, 2.24) is 0 Å². The lowest BCUT2D eigenvalue weighted by Crippen LogP contribution is -2.12. The Morgan fingerprint density at radius 1 is 0.806 bits per heavy atom. The molecule has 0 aliphatic carbocycles. The Kier molecular flexibility index (Phi) is 12.0. The van der Waals surface area contributed by atoms with E-state index in [0.29, 0.717) is 5.84 Å². The van der Waals surface area contributed by atoms with Crippen LogP contribution in [0.4, 0.5) is 5.69 Å². The fraction of sp³-hybridized carbons (Fsp3) is 0.500. The highest BCUT2D eigenvalue weighted by atomic mass is 32.2. The molecule has 0 aromatic heterocycles. The van der Waals surface area contributed by atoms with Crippen LogP contribution in [0.3, 0.4) is 0 Å². The van der Waals surface area contributed by atoms with Crippen LogP contribution in [0.1, 0.15) is 71.3 Å². The second-order valence-corrected chi connectivity index (χ2v) is 8.75. The third-order valence-electron chi connectivity index (χ3n) is 4.82. The van der Waals surface area contributed by atoms with Gasteiger partial charge in [-0.1, -0.05) is 46.5 Å². The zero-order valence-corrected chi connectivity index (χ0v) is 20.2. The number of nitrogens with two attached hydrogens (primary N) is 1. The van der Waals surface area contributed by atoms with Crippen molar-refractivity contribution in [3.8, 4) is 11.5 Å². The van der Waals surface area contributed by atoms with Crippen LogP contribution in [0.15, 0.2) is 52.4 Å². The molecular weight excluding hydrogens is 404 g/mol. The highest BCUT2D eigenvalue weighted by molar-refractivity contribution is 7.99. The average molecular weight is 443 g/mol. The first-order valence-corrected chi connectivity index (χ1v) is 12.6. The van der Waals surface area contributed by atoms with Crippen molar-refractivity contribution in [3.63, 3.8) is 0 Å². The summed E-state index contributed by atoms with van der Waals surface area (Å²) in [6.07, 6.45) is 8.09. The Bertz CT molecular complexity index is 790. The van der Waals surface area contributed by atoms with E-state index in [2.05, 4.69) is 26.8 Å². The maximum absolute atomic E-state index is 6.33. The highest BCUT2D eigenvalue weighted by Crippen LogP contribution is 2.34. The van der Waals surface area contributed by atoms with Gasteiger partial charge in [-0.15, -0.1) is 11.8 Å². The van der Waals surface area contributed by atoms with Crippen molar-refractivity contribution < 1.29 is 9.47 Å². The average Bonchev–Trinajstić information content (AvgIpc) is 2.79. The monoisotopic (exact) mass is 442 g/mol. The largest absolute Gasteiger partial charge is 0.494 e. The minimum absolute atomic E-state index is 0.506. The summed E-state index contributed by atoms with van der Waals surface area (Å²) >= 11 is 1.80. The molecule has 0 heterocycles. The van der Waals surface area contributed by atoms with Gasteiger partial charge < -0.3 is 15.2 Å². The molecule has 0 saturated carbocycles. The van der Waals surface area contributed by atoms with Crippen molar-refractivity contribution in [3.05, 3.63) is 48.0 Å². The molecule has 0 bridgehead atoms.